The van der Waals surface area contributed by atoms with Crippen LogP contribution in [0.25, 0.3) is 16.6 Å². The van der Waals surface area contributed by atoms with E-state index in [2.05, 4.69) is 20.6 Å². The second-order valence-corrected chi connectivity index (χ2v) is 9.42. The molecule has 166 valence electrons. The van der Waals surface area contributed by atoms with E-state index in [9.17, 15) is 8.42 Å². The molecule has 0 fully saturated rings. The van der Waals surface area contributed by atoms with Crippen LogP contribution in [0.15, 0.2) is 82.7 Å². The molecule has 0 aliphatic carbocycles. The number of anilines is 2. The lowest BCUT2D eigenvalue weighted by atomic mass is 10.2. The maximum atomic E-state index is 13.3. The zero-order chi connectivity index (χ0) is 23.0. The molecule has 0 aliphatic rings. The highest BCUT2D eigenvalue weighted by atomic mass is 35.5. The molecular formula is C23H18ClN5O3S. The molecule has 33 heavy (non-hydrogen) atoms. The van der Waals surface area contributed by atoms with Crippen LogP contribution < -0.4 is 10.1 Å². The predicted octanol–water partition coefficient (Wildman–Crippen LogP) is 4.91. The molecule has 0 atom stereocenters. The van der Waals surface area contributed by atoms with Crippen molar-refractivity contribution in [3.8, 4) is 5.75 Å². The van der Waals surface area contributed by atoms with E-state index in [0.29, 0.717) is 34.4 Å². The van der Waals surface area contributed by atoms with E-state index in [1.165, 1.54) is 28.8 Å². The van der Waals surface area contributed by atoms with E-state index in [0.717, 1.165) is 5.39 Å². The first-order valence-corrected chi connectivity index (χ1v) is 12.0. The Morgan fingerprint density at radius 3 is 2.52 bits per heavy atom. The summed E-state index contributed by atoms with van der Waals surface area (Å²) in [7, 11) is -3.98. The molecule has 8 nitrogen and oxygen atoms in total. The van der Waals surface area contributed by atoms with E-state index in [4.69, 9.17) is 16.3 Å². The van der Waals surface area contributed by atoms with Crippen LogP contribution in [0.4, 0.5) is 11.5 Å². The van der Waals surface area contributed by atoms with E-state index in [1.54, 1.807) is 0 Å². The number of halogens is 1. The van der Waals surface area contributed by atoms with Gasteiger partial charge in [-0.25, -0.2) is 13.4 Å². The standard InChI is InChI=1S/C23H18ClN5O3S/c1-2-32-20-10-6-4-8-18(20)25-21-17-7-3-5-9-19(17)29-22(26-21)23(27-28-29)33(30,31)16-13-11-15(24)12-14-16/h3-14H,2H2,1H3,(H,25,26). The van der Waals surface area contributed by atoms with Gasteiger partial charge in [0.05, 0.1) is 22.7 Å². The van der Waals surface area contributed by atoms with Crippen molar-refractivity contribution in [2.24, 2.45) is 0 Å². The minimum Gasteiger partial charge on any atom is -0.492 e. The van der Waals surface area contributed by atoms with Gasteiger partial charge in [-0.2, -0.15) is 4.52 Å². The molecule has 0 bridgehead atoms. The lowest BCUT2D eigenvalue weighted by molar-refractivity contribution is 0.342. The molecule has 0 radical (unpaired) electrons. The normalized spacial score (nSPS) is 11.7. The Hall–Kier alpha value is -3.69. The fraction of sp³-hybridized carbons (Fsp3) is 0.0870. The highest BCUT2D eigenvalue weighted by molar-refractivity contribution is 7.91. The molecule has 0 unspecified atom stereocenters. The van der Waals surface area contributed by atoms with Crippen molar-refractivity contribution in [3.05, 3.63) is 77.8 Å². The first-order chi connectivity index (χ1) is 16.0. The first-order valence-electron chi connectivity index (χ1n) is 10.1. The molecule has 0 spiro atoms. The van der Waals surface area contributed by atoms with Gasteiger partial charge in [0.1, 0.15) is 11.6 Å². The van der Waals surface area contributed by atoms with Gasteiger partial charge in [0, 0.05) is 10.4 Å². The number of aromatic nitrogens is 4. The molecule has 0 saturated heterocycles. The minimum absolute atomic E-state index is 0.0560. The number of para-hydroxylation sites is 3. The molecule has 0 aliphatic heterocycles. The number of nitrogens with zero attached hydrogens (tertiary/aromatic N) is 4. The summed E-state index contributed by atoms with van der Waals surface area (Å²) >= 11 is 5.92. The van der Waals surface area contributed by atoms with Crippen LogP contribution in [-0.2, 0) is 9.84 Å². The van der Waals surface area contributed by atoms with Crippen LogP contribution in [-0.4, -0.2) is 34.8 Å². The van der Waals surface area contributed by atoms with Crippen molar-refractivity contribution in [3.63, 3.8) is 0 Å². The van der Waals surface area contributed by atoms with Crippen LogP contribution >= 0.6 is 11.6 Å². The third-order valence-electron chi connectivity index (χ3n) is 5.04. The number of fused-ring (bicyclic) bond motifs is 3. The van der Waals surface area contributed by atoms with Crippen LogP contribution in [0.1, 0.15) is 6.92 Å². The molecule has 0 saturated carbocycles. The summed E-state index contributed by atoms with van der Waals surface area (Å²) in [6, 6.07) is 20.8. The number of ether oxygens (including phenoxy) is 1. The zero-order valence-electron chi connectivity index (χ0n) is 17.4. The highest BCUT2D eigenvalue weighted by Gasteiger charge is 2.27. The summed E-state index contributed by atoms with van der Waals surface area (Å²) in [6.45, 7) is 2.41. The van der Waals surface area contributed by atoms with Gasteiger partial charge in [-0.15, -0.1) is 5.10 Å². The van der Waals surface area contributed by atoms with Crippen molar-refractivity contribution < 1.29 is 13.2 Å². The van der Waals surface area contributed by atoms with E-state index in [-0.39, 0.29) is 15.6 Å². The van der Waals surface area contributed by atoms with E-state index < -0.39 is 9.84 Å². The maximum absolute atomic E-state index is 13.3. The highest BCUT2D eigenvalue weighted by Crippen LogP contribution is 2.32. The molecule has 5 rings (SSSR count). The Kier molecular flexibility index (Phi) is 5.35. The number of benzene rings is 3. The van der Waals surface area contributed by atoms with Crippen molar-refractivity contribution in [1.29, 1.82) is 0 Å². The molecule has 3 aromatic carbocycles. The molecule has 5 aromatic rings. The summed E-state index contributed by atoms with van der Waals surface area (Å²) in [4.78, 5) is 4.69. The van der Waals surface area contributed by atoms with Crippen LogP contribution in [0.3, 0.4) is 0 Å². The second kappa shape index (κ2) is 8.34. The minimum atomic E-state index is -3.98. The predicted molar refractivity (Wildman–Crippen MR) is 126 cm³/mol. The first kappa shape index (κ1) is 21.2. The lowest BCUT2D eigenvalue weighted by Gasteiger charge is -2.14. The topological polar surface area (TPSA) is 98.5 Å². The van der Waals surface area contributed by atoms with Crippen molar-refractivity contribution in [2.45, 2.75) is 16.8 Å². The van der Waals surface area contributed by atoms with Crippen molar-refractivity contribution in [1.82, 2.24) is 19.8 Å². The van der Waals surface area contributed by atoms with Gasteiger partial charge in [-0.05, 0) is 55.5 Å². The summed E-state index contributed by atoms with van der Waals surface area (Å²) in [5, 5.41) is 12.3. The second-order valence-electron chi connectivity index (χ2n) is 7.12. The third-order valence-corrected chi connectivity index (χ3v) is 6.96. The SMILES string of the molecule is CCOc1ccccc1Nc1nc2c(S(=O)(=O)c3ccc(Cl)cc3)nnn2c2ccccc12. The average Bonchev–Trinajstić information content (AvgIpc) is 3.26. The van der Waals surface area contributed by atoms with Gasteiger partial charge in [0.25, 0.3) is 0 Å². The number of nitrogens with one attached hydrogen (secondary N) is 1. The Morgan fingerprint density at radius 2 is 1.73 bits per heavy atom. The van der Waals surface area contributed by atoms with Crippen LogP contribution in [0, 0.1) is 0 Å². The molecule has 1 N–H and O–H groups in total. The van der Waals surface area contributed by atoms with Crippen LogP contribution in [0.2, 0.25) is 5.02 Å². The third kappa shape index (κ3) is 3.75. The average molecular weight is 480 g/mol. The number of hydrogen-bond acceptors (Lipinski definition) is 7. The fourth-order valence-corrected chi connectivity index (χ4v) is 4.88. The number of rotatable bonds is 6. The van der Waals surface area contributed by atoms with Gasteiger partial charge < -0.3 is 10.1 Å². The molecule has 2 heterocycles. The summed E-state index contributed by atoms with van der Waals surface area (Å²) in [5.74, 6) is 1.12. The maximum Gasteiger partial charge on any atom is 0.229 e. The van der Waals surface area contributed by atoms with Crippen molar-refractivity contribution in [2.75, 3.05) is 11.9 Å². The van der Waals surface area contributed by atoms with Crippen molar-refractivity contribution >= 4 is 49.5 Å². The van der Waals surface area contributed by atoms with E-state index >= 15 is 0 Å². The molecule has 2 aromatic heterocycles. The summed E-state index contributed by atoms with van der Waals surface area (Å²) in [5.41, 5.74) is 1.47. The van der Waals surface area contributed by atoms with Crippen LogP contribution in [0.5, 0.6) is 5.75 Å². The zero-order valence-corrected chi connectivity index (χ0v) is 19.0. The summed E-state index contributed by atoms with van der Waals surface area (Å²) < 4.78 is 33.8. The van der Waals surface area contributed by atoms with Gasteiger partial charge >= 0.3 is 0 Å². The fourth-order valence-electron chi connectivity index (χ4n) is 3.52. The Morgan fingerprint density at radius 1 is 1.00 bits per heavy atom. The summed E-state index contributed by atoms with van der Waals surface area (Å²) in [6.07, 6.45) is 0. The number of hydrogen-bond donors (Lipinski definition) is 1. The van der Waals surface area contributed by atoms with Gasteiger partial charge in [0.15, 0.2) is 5.65 Å². The largest absolute Gasteiger partial charge is 0.492 e. The van der Waals surface area contributed by atoms with Gasteiger partial charge in [0.2, 0.25) is 14.9 Å². The molecule has 0 amide bonds. The molecular weight excluding hydrogens is 462 g/mol. The van der Waals surface area contributed by atoms with E-state index in [1.807, 2.05) is 55.5 Å². The smallest absolute Gasteiger partial charge is 0.229 e. The van der Waals surface area contributed by atoms with Gasteiger partial charge in [-0.1, -0.05) is 41.1 Å². The lowest BCUT2D eigenvalue weighted by Crippen LogP contribution is -2.06. The Bertz CT molecular complexity index is 1580. The Labute approximate surface area is 194 Å². The monoisotopic (exact) mass is 479 g/mol. The Balaban J connectivity index is 1.72. The van der Waals surface area contributed by atoms with Gasteiger partial charge in [-0.3, -0.25) is 0 Å². The molecule has 10 heteroatoms. The quantitative estimate of drug-likeness (QED) is 0.369. The number of sulfone groups is 1.